The molecule has 52 heavy (non-hydrogen) atoms. The second-order valence-electron chi connectivity index (χ2n) is 14.0. The number of hydrogen-bond acceptors (Lipinski definition) is 3. The van der Waals surface area contributed by atoms with E-state index in [0.29, 0.717) is 31.7 Å². The van der Waals surface area contributed by atoms with Crippen LogP contribution >= 0.6 is 0 Å². The summed E-state index contributed by atoms with van der Waals surface area (Å²) < 4.78 is 6.00. The Morgan fingerprint density at radius 2 is 1.37 bits per heavy atom. The van der Waals surface area contributed by atoms with Crippen molar-refractivity contribution in [3.63, 3.8) is 0 Å². The average molecular weight is 688 g/mol. The van der Waals surface area contributed by atoms with Crippen molar-refractivity contribution < 1.29 is 9.53 Å². The van der Waals surface area contributed by atoms with Gasteiger partial charge in [0.1, 0.15) is 5.78 Å². The number of rotatable bonds is 19. The Hall–Kier alpha value is -5.20. The van der Waals surface area contributed by atoms with Crippen LogP contribution in [0, 0.1) is 25.2 Å². The number of nitrogens with zero attached hydrogens (tertiary/aromatic N) is 1. The van der Waals surface area contributed by atoms with Gasteiger partial charge in [0.2, 0.25) is 0 Å². The number of Topliss-reactive ketones (excluding diaryl/α,β-unsaturated/α-hetero) is 1. The second kappa shape index (κ2) is 19.4. The third-order valence-electron chi connectivity index (χ3n) is 9.96. The molecule has 0 heterocycles. The smallest absolute Gasteiger partial charge is 0.133 e. The van der Waals surface area contributed by atoms with Gasteiger partial charge in [0.15, 0.2) is 0 Å². The molecule has 0 saturated carbocycles. The standard InChI is InChI=1S/C49H53NO2/c1-5-6-30-52-38(4)19-22-43-35-46(48-28-21-41(18-13-29-50)31-36(48)2)32-37(3)49(43)44-24-23-42(45(34-44)33-40-16-11-8-12-17-40)25-27-47(51)26-20-39-14-9-7-10-15-39/h7-12,14-17,21,23-24,28,31-32,34-35H,4-6,13,18-20,22,25-27,30,33H2,1-3H3. The topological polar surface area (TPSA) is 50.1 Å². The number of allylic oxidation sites excluding steroid dienone is 1. The number of hydrogen-bond donors (Lipinski definition) is 0. The van der Waals surface area contributed by atoms with E-state index < -0.39 is 0 Å². The molecule has 0 saturated heterocycles. The van der Waals surface area contributed by atoms with E-state index in [0.717, 1.165) is 57.1 Å². The number of carbonyl (C=O) groups is 1. The Balaban J connectivity index is 1.48. The van der Waals surface area contributed by atoms with Gasteiger partial charge >= 0.3 is 0 Å². The summed E-state index contributed by atoms with van der Waals surface area (Å²) in [6.07, 6.45) is 8.44. The van der Waals surface area contributed by atoms with E-state index in [1.54, 1.807) is 0 Å². The molecule has 5 aromatic carbocycles. The van der Waals surface area contributed by atoms with E-state index in [2.05, 4.69) is 124 Å². The van der Waals surface area contributed by atoms with Crippen molar-refractivity contribution in [3.05, 3.63) is 166 Å². The van der Waals surface area contributed by atoms with Crippen LogP contribution in [0.1, 0.15) is 90.0 Å². The molecule has 0 bridgehead atoms. The maximum absolute atomic E-state index is 13.1. The van der Waals surface area contributed by atoms with Gasteiger partial charge in [0, 0.05) is 25.7 Å². The summed E-state index contributed by atoms with van der Waals surface area (Å²) in [5.41, 5.74) is 14.8. The number of benzene rings is 5. The Kier molecular flexibility index (Phi) is 14.2. The van der Waals surface area contributed by atoms with Crippen LogP contribution in [0.4, 0.5) is 0 Å². The van der Waals surface area contributed by atoms with E-state index in [4.69, 9.17) is 10.00 Å². The number of ketones is 1. The van der Waals surface area contributed by atoms with Crippen molar-refractivity contribution in [1.29, 1.82) is 5.26 Å². The quantitative estimate of drug-likeness (QED) is 0.0641. The lowest BCUT2D eigenvalue weighted by Crippen LogP contribution is -2.05. The zero-order valence-electron chi connectivity index (χ0n) is 31.3. The average Bonchev–Trinajstić information content (AvgIpc) is 3.15. The van der Waals surface area contributed by atoms with E-state index in [9.17, 15) is 4.79 Å². The van der Waals surface area contributed by atoms with Crippen LogP contribution < -0.4 is 0 Å². The molecular weight excluding hydrogens is 635 g/mol. The van der Waals surface area contributed by atoms with Crippen molar-refractivity contribution >= 4 is 5.78 Å². The molecule has 5 aromatic rings. The summed E-state index contributed by atoms with van der Waals surface area (Å²) in [5.74, 6) is 1.14. The van der Waals surface area contributed by atoms with Gasteiger partial charge in [0.05, 0.1) is 18.4 Å². The monoisotopic (exact) mass is 687 g/mol. The highest BCUT2D eigenvalue weighted by Gasteiger charge is 2.17. The van der Waals surface area contributed by atoms with E-state index >= 15 is 0 Å². The van der Waals surface area contributed by atoms with Crippen LogP contribution in [0.3, 0.4) is 0 Å². The fraction of sp³-hybridized carbons (Fsp3) is 0.306. The minimum absolute atomic E-state index is 0.307. The van der Waals surface area contributed by atoms with Gasteiger partial charge < -0.3 is 4.74 Å². The minimum Gasteiger partial charge on any atom is -0.499 e. The normalized spacial score (nSPS) is 10.9. The van der Waals surface area contributed by atoms with Crippen LogP contribution in [-0.2, 0) is 41.6 Å². The first-order chi connectivity index (χ1) is 25.3. The van der Waals surface area contributed by atoms with Crippen molar-refractivity contribution in [2.75, 3.05) is 6.61 Å². The van der Waals surface area contributed by atoms with Crippen molar-refractivity contribution in [3.8, 4) is 28.3 Å². The zero-order chi connectivity index (χ0) is 36.7. The highest BCUT2D eigenvalue weighted by Crippen LogP contribution is 2.36. The summed E-state index contributed by atoms with van der Waals surface area (Å²) >= 11 is 0. The van der Waals surface area contributed by atoms with Crippen LogP contribution in [0.15, 0.2) is 122 Å². The summed E-state index contributed by atoms with van der Waals surface area (Å²) in [6.45, 7) is 11.5. The molecular formula is C49H53NO2. The summed E-state index contributed by atoms with van der Waals surface area (Å²) in [5, 5.41) is 9.09. The first kappa shape index (κ1) is 38.0. The van der Waals surface area contributed by atoms with Crippen molar-refractivity contribution in [2.45, 2.75) is 91.4 Å². The third-order valence-corrected chi connectivity index (χ3v) is 9.96. The lowest BCUT2D eigenvalue weighted by Gasteiger charge is -2.20. The molecule has 0 aliphatic rings. The van der Waals surface area contributed by atoms with Gasteiger partial charge in [-0.1, -0.05) is 129 Å². The van der Waals surface area contributed by atoms with Gasteiger partial charge in [-0.15, -0.1) is 0 Å². The maximum atomic E-state index is 13.1. The van der Waals surface area contributed by atoms with Gasteiger partial charge in [-0.3, -0.25) is 4.79 Å². The molecule has 3 heteroatoms. The SMILES string of the molecule is C=C(CCc1cc(-c2ccc(CCC#N)cc2C)cc(C)c1-c1ccc(CCC(=O)CCc2ccccc2)c(Cc2ccccc2)c1)OCCCC. The molecule has 0 fully saturated rings. The van der Waals surface area contributed by atoms with Crippen molar-refractivity contribution in [1.82, 2.24) is 0 Å². The molecule has 3 nitrogen and oxygen atoms in total. The molecule has 0 N–H and O–H groups in total. The molecule has 0 aliphatic carbocycles. The van der Waals surface area contributed by atoms with Gasteiger partial charge in [0.25, 0.3) is 0 Å². The summed E-state index contributed by atoms with van der Waals surface area (Å²) in [4.78, 5) is 13.1. The number of aryl methyl sites for hydroxylation is 6. The number of ether oxygens (including phenoxy) is 1. The number of nitriles is 1. The van der Waals surface area contributed by atoms with Gasteiger partial charge in [-0.05, 0) is 119 Å². The van der Waals surface area contributed by atoms with Crippen molar-refractivity contribution in [2.24, 2.45) is 0 Å². The van der Waals surface area contributed by atoms with Crippen LogP contribution in [0.2, 0.25) is 0 Å². The van der Waals surface area contributed by atoms with E-state index in [1.165, 1.54) is 66.8 Å². The molecule has 0 unspecified atom stereocenters. The van der Waals surface area contributed by atoms with E-state index in [-0.39, 0.29) is 0 Å². The minimum atomic E-state index is 0.307. The first-order valence-electron chi connectivity index (χ1n) is 19.0. The predicted octanol–water partition coefficient (Wildman–Crippen LogP) is 12.1. The molecule has 0 aromatic heterocycles. The molecule has 0 atom stereocenters. The molecule has 266 valence electrons. The third kappa shape index (κ3) is 10.9. The lowest BCUT2D eigenvalue weighted by atomic mass is 9.85. The fourth-order valence-electron chi connectivity index (χ4n) is 7.07. The maximum Gasteiger partial charge on any atom is 0.133 e. The van der Waals surface area contributed by atoms with Crippen LogP contribution in [-0.4, -0.2) is 12.4 Å². The van der Waals surface area contributed by atoms with E-state index in [1.807, 2.05) is 18.2 Å². The Morgan fingerprint density at radius 3 is 2.08 bits per heavy atom. The molecule has 0 amide bonds. The number of carbonyl (C=O) groups excluding carboxylic acids is 1. The Morgan fingerprint density at radius 1 is 0.673 bits per heavy atom. The van der Waals surface area contributed by atoms with Gasteiger partial charge in [-0.2, -0.15) is 5.26 Å². The molecule has 5 rings (SSSR count). The van der Waals surface area contributed by atoms with Gasteiger partial charge in [-0.25, -0.2) is 0 Å². The summed E-state index contributed by atoms with van der Waals surface area (Å²) in [7, 11) is 0. The fourth-order valence-corrected chi connectivity index (χ4v) is 7.07. The Labute approximate surface area is 312 Å². The predicted molar refractivity (Wildman–Crippen MR) is 216 cm³/mol. The highest BCUT2D eigenvalue weighted by molar-refractivity contribution is 5.80. The summed E-state index contributed by atoms with van der Waals surface area (Å²) in [6, 6.07) is 41.3. The zero-order valence-corrected chi connectivity index (χ0v) is 31.3. The first-order valence-corrected chi connectivity index (χ1v) is 19.0. The number of unbranched alkanes of at least 4 members (excludes halogenated alkanes) is 1. The van der Waals surface area contributed by atoms with Crippen LogP contribution in [0.25, 0.3) is 22.3 Å². The second-order valence-corrected chi connectivity index (χ2v) is 14.0. The Bertz CT molecular complexity index is 1980. The van der Waals surface area contributed by atoms with Crippen LogP contribution in [0.5, 0.6) is 0 Å². The molecule has 0 aliphatic heterocycles. The highest BCUT2D eigenvalue weighted by atomic mass is 16.5. The lowest BCUT2D eigenvalue weighted by molar-refractivity contribution is -0.119. The largest absolute Gasteiger partial charge is 0.499 e. The molecule has 0 radical (unpaired) electrons. The molecule has 0 spiro atoms.